The molecule has 3 heteroatoms. The average Bonchev–Trinajstić information content (AvgIpc) is 2.09. The number of aliphatic imine (C=N–C) groups is 1. The van der Waals surface area contributed by atoms with Crippen LogP contribution in [0.1, 0.15) is 12.8 Å². The van der Waals surface area contributed by atoms with Gasteiger partial charge in [0, 0.05) is 6.21 Å². The second-order valence-electron chi connectivity index (χ2n) is 2.21. The van der Waals surface area contributed by atoms with Crippen LogP contribution in [-0.2, 0) is 0 Å². The van der Waals surface area contributed by atoms with Crippen LogP contribution >= 0.6 is 0 Å². The molecule has 1 aliphatic rings. The molecule has 0 unspecified atom stereocenters. The fraction of sp³-hybridized carbons (Fsp3) is 0.375. The molecule has 0 saturated heterocycles. The zero-order valence-corrected chi connectivity index (χ0v) is 5.99. The highest BCUT2D eigenvalue weighted by molar-refractivity contribution is 5.61. The van der Waals surface area contributed by atoms with E-state index >= 15 is 0 Å². The van der Waals surface area contributed by atoms with Gasteiger partial charge in [0.2, 0.25) is 0 Å². The molecule has 0 atom stereocenters. The number of hydrogen-bond acceptors (Lipinski definition) is 3. The Bertz CT molecular complexity index is 261. The Balaban J connectivity index is 2.76. The highest BCUT2D eigenvalue weighted by atomic mass is 14.7. The molecule has 0 bridgehead atoms. The van der Waals surface area contributed by atoms with Gasteiger partial charge in [-0.3, -0.25) is 4.99 Å². The van der Waals surface area contributed by atoms with Gasteiger partial charge >= 0.3 is 0 Å². The standard InChI is InChI=1S/C8H7N3/c9-5-7(6-10)8-3-1-2-4-11-8/h3-4,7H,1-2H2. The van der Waals surface area contributed by atoms with Crippen LogP contribution in [0.4, 0.5) is 0 Å². The number of nitriles is 2. The summed E-state index contributed by atoms with van der Waals surface area (Å²) in [4.78, 5) is 3.96. The number of nitrogens with zero attached hydrogens (tertiary/aromatic N) is 3. The van der Waals surface area contributed by atoms with Gasteiger partial charge in [0.05, 0.1) is 17.8 Å². The van der Waals surface area contributed by atoms with Gasteiger partial charge in [0.1, 0.15) is 0 Å². The molecule has 1 heterocycles. The third-order valence-electron chi connectivity index (χ3n) is 1.44. The summed E-state index contributed by atoms with van der Waals surface area (Å²) >= 11 is 0. The van der Waals surface area contributed by atoms with Crippen molar-refractivity contribution in [1.82, 2.24) is 0 Å². The molecule has 0 aromatic carbocycles. The average molecular weight is 145 g/mol. The predicted octanol–water partition coefficient (Wildman–Crippen LogP) is 1.40. The zero-order valence-electron chi connectivity index (χ0n) is 5.99. The van der Waals surface area contributed by atoms with Crippen LogP contribution in [0.3, 0.4) is 0 Å². The summed E-state index contributed by atoms with van der Waals surface area (Å²) < 4.78 is 0. The van der Waals surface area contributed by atoms with Gasteiger partial charge < -0.3 is 0 Å². The first-order valence-corrected chi connectivity index (χ1v) is 3.40. The van der Waals surface area contributed by atoms with Crippen molar-refractivity contribution < 1.29 is 0 Å². The van der Waals surface area contributed by atoms with E-state index in [0.29, 0.717) is 5.70 Å². The minimum Gasteiger partial charge on any atom is -0.263 e. The van der Waals surface area contributed by atoms with Crippen LogP contribution in [-0.4, -0.2) is 6.21 Å². The van der Waals surface area contributed by atoms with E-state index in [1.54, 1.807) is 6.21 Å². The minimum absolute atomic E-state index is 0.598. The highest BCUT2D eigenvalue weighted by Gasteiger charge is 2.11. The normalized spacial score (nSPS) is 15.4. The van der Waals surface area contributed by atoms with E-state index in [-0.39, 0.29) is 0 Å². The van der Waals surface area contributed by atoms with Gasteiger partial charge in [-0.05, 0) is 12.8 Å². The van der Waals surface area contributed by atoms with Crippen LogP contribution in [0.15, 0.2) is 16.8 Å². The van der Waals surface area contributed by atoms with E-state index < -0.39 is 5.92 Å². The monoisotopic (exact) mass is 145 g/mol. The van der Waals surface area contributed by atoms with Crippen LogP contribution in [0.2, 0.25) is 0 Å². The van der Waals surface area contributed by atoms with Crippen molar-refractivity contribution in [3.8, 4) is 12.1 Å². The topological polar surface area (TPSA) is 59.9 Å². The molecule has 0 saturated carbocycles. The molecule has 0 radical (unpaired) electrons. The maximum absolute atomic E-state index is 8.49. The van der Waals surface area contributed by atoms with Gasteiger partial charge in [-0.25, -0.2) is 0 Å². The summed E-state index contributed by atoms with van der Waals surface area (Å²) in [6.45, 7) is 0. The van der Waals surface area contributed by atoms with Crippen LogP contribution in [0.5, 0.6) is 0 Å². The van der Waals surface area contributed by atoms with Gasteiger partial charge in [-0.2, -0.15) is 10.5 Å². The van der Waals surface area contributed by atoms with Crippen LogP contribution in [0.25, 0.3) is 0 Å². The lowest BCUT2D eigenvalue weighted by molar-refractivity contribution is 0.919. The molecule has 0 spiro atoms. The van der Waals surface area contributed by atoms with Crippen molar-refractivity contribution in [1.29, 1.82) is 10.5 Å². The van der Waals surface area contributed by atoms with E-state index in [9.17, 15) is 0 Å². The van der Waals surface area contributed by atoms with Gasteiger partial charge in [0.25, 0.3) is 0 Å². The minimum atomic E-state index is -0.688. The molecule has 0 fully saturated rings. The lowest BCUT2D eigenvalue weighted by Crippen LogP contribution is -1.99. The third kappa shape index (κ3) is 1.65. The summed E-state index contributed by atoms with van der Waals surface area (Å²) in [6, 6.07) is 3.76. The summed E-state index contributed by atoms with van der Waals surface area (Å²) in [7, 11) is 0. The fourth-order valence-corrected chi connectivity index (χ4v) is 0.882. The summed E-state index contributed by atoms with van der Waals surface area (Å²) in [5.41, 5.74) is 0.598. The summed E-state index contributed by atoms with van der Waals surface area (Å²) in [6.07, 6.45) is 5.39. The first-order valence-electron chi connectivity index (χ1n) is 3.40. The van der Waals surface area contributed by atoms with Crippen LogP contribution < -0.4 is 0 Å². The molecule has 1 rings (SSSR count). The SMILES string of the molecule is N#CC(C#N)C1=CCCC=N1. The van der Waals surface area contributed by atoms with Crippen LogP contribution in [0, 0.1) is 28.6 Å². The lowest BCUT2D eigenvalue weighted by atomic mass is 10.1. The molecule has 0 aliphatic carbocycles. The second-order valence-corrected chi connectivity index (χ2v) is 2.21. The Kier molecular flexibility index (Phi) is 2.41. The fourth-order valence-electron chi connectivity index (χ4n) is 0.882. The maximum Gasteiger partial charge on any atom is 0.174 e. The van der Waals surface area contributed by atoms with Crippen molar-refractivity contribution in [2.24, 2.45) is 10.9 Å². The van der Waals surface area contributed by atoms with Crippen molar-refractivity contribution >= 4 is 6.21 Å². The Morgan fingerprint density at radius 1 is 1.36 bits per heavy atom. The van der Waals surface area contributed by atoms with Crippen molar-refractivity contribution in [2.75, 3.05) is 0 Å². The number of rotatable bonds is 1. The van der Waals surface area contributed by atoms with Gasteiger partial charge in [-0.15, -0.1) is 0 Å². The Morgan fingerprint density at radius 3 is 2.55 bits per heavy atom. The molecule has 54 valence electrons. The Hall–Kier alpha value is -1.61. The maximum atomic E-state index is 8.49. The molecule has 0 amide bonds. The number of allylic oxidation sites excluding steroid dienone is 2. The smallest absolute Gasteiger partial charge is 0.174 e. The molecule has 1 aliphatic heterocycles. The number of hydrogen-bond donors (Lipinski definition) is 0. The van der Waals surface area contributed by atoms with Crippen molar-refractivity contribution in [3.63, 3.8) is 0 Å². The molecule has 0 N–H and O–H groups in total. The molecule has 0 aromatic rings. The quantitative estimate of drug-likeness (QED) is 0.559. The summed E-state index contributed by atoms with van der Waals surface area (Å²) in [5, 5.41) is 17.0. The zero-order chi connectivity index (χ0) is 8.10. The molecule has 0 aromatic heterocycles. The van der Waals surface area contributed by atoms with Gasteiger partial charge in [0.15, 0.2) is 5.92 Å². The van der Waals surface area contributed by atoms with Gasteiger partial charge in [-0.1, -0.05) is 6.08 Å². The largest absolute Gasteiger partial charge is 0.263 e. The second kappa shape index (κ2) is 3.53. The first-order chi connectivity index (χ1) is 5.38. The Labute approximate surface area is 65.3 Å². The van der Waals surface area contributed by atoms with E-state index in [0.717, 1.165) is 12.8 Å². The summed E-state index contributed by atoms with van der Waals surface area (Å²) in [5.74, 6) is -0.688. The molecule has 3 nitrogen and oxygen atoms in total. The van der Waals surface area contributed by atoms with E-state index in [1.165, 1.54) is 0 Å². The van der Waals surface area contributed by atoms with Crippen molar-refractivity contribution in [2.45, 2.75) is 12.8 Å². The lowest BCUT2D eigenvalue weighted by Gasteiger charge is -2.04. The van der Waals surface area contributed by atoms with Crippen molar-refractivity contribution in [3.05, 3.63) is 11.8 Å². The molecular weight excluding hydrogens is 138 g/mol. The van der Waals surface area contributed by atoms with E-state index in [2.05, 4.69) is 4.99 Å². The first kappa shape index (κ1) is 7.50. The molecular formula is C8H7N3. The van der Waals surface area contributed by atoms with E-state index in [1.807, 2.05) is 18.2 Å². The highest BCUT2D eigenvalue weighted by Crippen LogP contribution is 2.15. The Morgan fingerprint density at radius 2 is 2.09 bits per heavy atom. The predicted molar refractivity (Wildman–Crippen MR) is 40.5 cm³/mol. The third-order valence-corrected chi connectivity index (χ3v) is 1.44. The molecule has 11 heavy (non-hydrogen) atoms. The van der Waals surface area contributed by atoms with E-state index in [4.69, 9.17) is 10.5 Å².